The van der Waals surface area contributed by atoms with Crippen LogP contribution in [0.15, 0.2) is 54.6 Å². The minimum absolute atomic E-state index is 0.335. The highest BCUT2D eigenvalue weighted by molar-refractivity contribution is 6.30. The van der Waals surface area contributed by atoms with Crippen LogP contribution in [0.5, 0.6) is 0 Å². The summed E-state index contributed by atoms with van der Waals surface area (Å²) >= 11 is 5.88. The third kappa shape index (κ3) is 2.84. The Labute approximate surface area is 131 Å². The van der Waals surface area contributed by atoms with Gasteiger partial charge in [0.15, 0.2) is 0 Å². The molecule has 0 fully saturated rings. The van der Waals surface area contributed by atoms with Crippen LogP contribution in [-0.2, 0) is 4.79 Å². The molecule has 6 heteroatoms. The Kier molecular flexibility index (Phi) is 3.89. The maximum atomic E-state index is 13.0. The number of amides is 1. The van der Waals surface area contributed by atoms with Crippen LogP contribution in [0.1, 0.15) is 0 Å². The van der Waals surface area contributed by atoms with E-state index in [1.807, 2.05) is 12.1 Å². The molecular formula is C16H11ClFN3O. The van der Waals surface area contributed by atoms with E-state index in [0.717, 1.165) is 5.56 Å². The molecule has 3 aromatic rings. The van der Waals surface area contributed by atoms with Crippen LogP contribution in [0, 0.1) is 5.82 Å². The molecule has 22 heavy (non-hydrogen) atoms. The van der Waals surface area contributed by atoms with E-state index in [9.17, 15) is 9.18 Å². The first-order valence-electron chi connectivity index (χ1n) is 6.49. The van der Waals surface area contributed by atoms with E-state index >= 15 is 0 Å². The summed E-state index contributed by atoms with van der Waals surface area (Å²) in [5.74, 6) is 0.158. The van der Waals surface area contributed by atoms with Crippen molar-refractivity contribution in [3.05, 3.63) is 65.4 Å². The molecule has 0 saturated heterocycles. The standard InChI is InChI=1S/C16H11ClFN3O/c17-12-3-1-11(2-4-12)15-9-16(19-10-22)21(20-15)14-7-5-13(18)6-8-14/h1-10H,(H,19,22). The molecular weight excluding hydrogens is 305 g/mol. The number of nitrogens with zero attached hydrogens (tertiary/aromatic N) is 2. The van der Waals surface area contributed by atoms with Crippen molar-refractivity contribution < 1.29 is 9.18 Å². The van der Waals surface area contributed by atoms with E-state index in [0.29, 0.717) is 28.6 Å². The second-order valence-corrected chi connectivity index (χ2v) is 5.01. The Hall–Kier alpha value is -2.66. The second kappa shape index (κ2) is 5.99. The Bertz CT molecular complexity index is 797. The zero-order valence-electron chi connectivity index (χ0n) is 11.3. The summed E-state index contributed by atoms with van der Waals surface area (Å²) in [4.78, 5) is 10.8. The van der Waals surface area contributed by atoms with Crippen LogP contribution in [0.25, 0.3) is 16.9 Å². The molecule has 3 rings (SSSR count). The van der Waals surface area contributed by atoms with Gasteiger partial charge >= 0.3 is 0 Å². The van der Waals surface area contributed by atoms with E-state index in [4.69, 9.17) is 11.6 Å². The number of rotatable bonds is 4. The first kappa shape index (κ1) is 14.3. The molecule has 0 aliphatic rings. The largest absolute Gasteiger partial charge is 0.313 e. The number of carbonyl (C=O) groups excluding carboxylic acids is 1. The third-order valence-electron chi connectivity index (χ3n) is 3.13. The van der Waals surface area contributed by atoms with Gasteiger partial charge in [-0.2, -0.15) is 5.10 Å². The molecule has 2 aromatic carbocycles. The van der Waals surface area contributed by atoms with Crippen molar-refractivity contribution in [2.75, 3.05) is 5.32 Å². The number of nitrogens with one attached hydrogen (secondary N) is 1. The molecule has 0 aliphatic heterocycles. The van der Waals surface area contributed by atoms with E-state index < -0.39 is 0 Å². The summed E-state index contributed by atoms with van der Waals surface area (Å²) in [7, 11) is 0. The summed E-state index contributed by atoms with van der Waals surface area (Å²) in [5, 5.41) is 7.68. The molecule has 1 heterocycles. The lowest BCUT2D eigenvalue weighted by atomic mass is 10.1. The van der Waals surface area contributed by atoms with Gasteiger partial charge in [-0.25, -0.2) is 9.07 Å². The Morgan fingerprint density at radius 1 is 1.09 bits per heavy atom. The van der Waals surface area contributed by atoms with Gasteiger partial charge in [0, 0.05) is 16.7 Å². The zero-order chi connectivity index (χ0) is 15.5. The summed E-state index contributed by atoms with van der Waals surface area (Å²) in [6.45, 7) is 0. The summed E-state index contributed by atoms with van der Waals surface area (Å²) < 4.78 is 14.6. The van der Waals surface area contributed by atoms with Crippen LogP contribution in [-0.4, -0.2) is 16.2 Å². The third-order valence-corrected chi connectivity index (χ3v) is 3.38. The minimum Gasteiger partial charge on any atom is -0.313 e. The number of carbonyl (C=O) groups is 1. The fourth-order valence-corrected chi connectivity index (χ4v) is 2.21. The number of benzene rings is 2. The maximum Gasteiger partial charge on any atom is 0.212 e. The highest BCUT2D eigenvalue weighted by Gasteiger charge is 2.11. The smallest absolute Gasteiger partial charge is 0.212 e. The van der Waals surface area contributed by atoms with Crippen molar-refractivity contribution in [3.8, 4) is 16.9 Å². The van der Waals surface area contributed by atoms with Crippen molar-refractivity contribution in [2.45, 2.75) is 0 Å². The molecule has 1 N–H and O–H groups in total. The summed E-state index contributed by atoms with van der Waals surface area (Å²) in [6, 6.07) is 14.8. The number of aromatic nitrogens is 2. The van der Waals surface area contributed by atoms with Gasteiger partial charge in [0.1, 0.15) is 11.6 Å². The van der Waals surface area contributed by atoms with Gasteiger partial charge in [-0.15, -0.1) is 0 Å². The van der Waals surface area contributed by atoms with Crippen LogP contribution >= 0.6 is 11.6 Å². The van der Waals surface area contributed by atoms with E-state index in [-0.39, 0.29) is 5.82 Å². The van der Waals surface area contributed by atoms with Crippen LogP contribution < -0.4 is 5.32 Å². The van der Waals surface area contributed by atoms with Crippen molar-refractivity contribution in [3.63, 3.8) is 0 Å². The monoisotopic (exact) mass is 315 g/mol. The van der Waals surface area contributed by atoms with Crippen molar-refractivity contribution in [2.24, 2.45) is 0 Å². The number of halogens is 2. The number of anilines is 1. The topological polar surface area (TPSA) is 46.9 Å². The Balaban J connectivity index is 2.07. The molecule has 1 amide bonds. The first-order valence-corrected chi connectivity index (χ1v) is 6.87. The van der Waals surface area contributed by atoms with Crippen molar-refractivity contribution >= 4 is 23.8 Å². The molecule has 0 aliphatic carbocycles. The van der Waals surface area contributed by atoms with Gasteiger partial charge in [0.25, 0.3) is 0 Å². The normalized spacial score (nSPS) is 10.5. The predicted molar refractivity (Wildman–Crippen MR) is 83.7 cm³/mol. The number of hydrogen-bond donors (Lipinski definition) is 1. The minimum atomic E-state index is -0.335. The molecule has 110 valence electrons. The Morgan fingerprint density at radius 2 is 1.77 bits per heavy atom. The lowest BCUT2D eigenvalue weighted by Gasteiger charge is -2.05. The average molecular weight is 316 g/mol. The van der Waals surface area contributed by atoms with Crippen molar-refractivity contribution in [1.29, 1.82) is 0 Å². The van der Waals surface area contributed by atoms with Gasteiger partial charge in [0.2, 0.25) is 6.41 Å². The summed E-state index contributed by atoms with van der Waals surface area (Å²) in [5.41, 5.74) is 2.18. The molecule has 0 unspecified atom stereocenters. The lowest BCUT2D eigenvalue weighted by molar-refractivity contribution is -0.105. The first-order chi connectivity index (χ1) is 10.7. The predicted octanol–water partition coefficient (Wildman–Crippen LogP) is 3.90. The quantitative estimate of drug-likeness (QED) is 0.742. The molecule has 1 aromatic heterocycles. The van der Waals surface area contributed by atoms with Gasteiger partial charge in [-0.1, -0.05) is 23.7 Å². The van der Waals surface area contributed by atoms with Gasteiger partial charge in [-0.3, -0.25) is 4.79 Å². The Morgan fingerprint density at radius 3 is 2.41 bits per heavy atom. The molecule has 0 spiro atoms. The van der Waals surface area contributed by atoms with Crippen LogP contribution in [0.2, 0.25) is 5.02 Å². The fraction of sp³-hybridized carbons (Fsp3) is 0. The number of hydrogen-bond acceptors (Lipinski definition) is 2. The van der Waals surface area contributed by atoms with Crippen molar-refractivity contribution in [1.82, 2.24) is 9.78 Å². The molecule has 0 radical (unpaired) electrons. The van der Waals surface area contributed by atoms with Crippen LogP contribution in [0.3, 0.4) is 0 Å². The highest BCUT2D eigenvalue weighted by atomic mass is 35.5. The van der Waals surface area contributed by atoms with Crippen LogP contribution in [0.4, 0.5) is 10.2 Å². The fourth-order valence-electron chi connectivity index (χ4n) is 2.09. The second-order valence-electron chi connectivity index (χ2n) is 4.57. The molecule has 0 saturated carbocycles. The summed E-state index contributed by atoms with van der Waals surface area (Å²) in [6.07, 6.45) is 0.572. The highest BCUT2D eigenvalue weighted by Crippen LogP contribution is 2.25. The van der Waals surface area contributed by atoms with Gasteiger partial charge in [0.05, 0.1) is 11.4 Å². The maximum absolute atomic E-state index is 13.0. The molecule has 0 atom stereocenters. The van der Waals surface area contributed by atoms with E-state index in [1.54, 1.807) is 30.3 Å². The molecule has 4 nitrogen and oxygen atoms in total. The van der Waals surface area contributed by atoms with E-state index in [2.05, 4.69) is 10.4 Å². The SMILES string of the molecule is O=CNc1cc(-c2ccc(Cl)cc2)nn1-c1ccc(F)cc1. The van der Waals surface area contributed by atoms with E-state index in [1.165, 1.54) is 16.8 Å². The molecule has 0 bridgehead atoms. The average Bonchev–Trinajstić information content (AvgIpc) is 2.93. The lowest BCUT2D eigenvalue weighted by Crippen LogP contribution is -2.04. The zero-order valence-corrected chi connectivity index (χ0v) is 12.1. The van der Waals surface area contributed by atoms with Gasteiger partial charge in [-0.05, 0) is 36.4 Å². The van der Waals surface area contributed by atoms with Gasteiger partial charge < -0.3 is 5.32 Å².